The number of aromatic amines is 1. The second-order valence-corrected chi connectivity index (χ2v) is 10.0. The van der Waals surface area contributed by atoms with E-state index < -0.39 is 11.8 Å². The molecular formula is C28H26FN5O4S. The van der Waals surface area contributed by atoms with Crippen molar-refractivity contribution in [1.82, 2.24) is 25.6 Å². The van der Waals surface area contributed by atoms with Crippen molar-refractivity contribution >= 4 is 17.3 Å². The Morgan fingerprint density at radius 2 is 1.77 bits per heavy atom. The molecular weight excluding hydrogens is 521 g/mol. The second kappa shape index (κ2) is 10.6. The second-order valence-electron chi connectivity index (χ2n) is 9.60. The zero-order chi connectivity index (χ0) is 26.8. The number of thiocarbonyl (C=S) groups is 1. The molecule has 0 amide bonds. The van der Waals surface area contributed by atoms with Crippen LogP contribution in [0.2, 0.25) is 0 Å². The van der Waals surface area contributed by atoms with Crippen LogP contribution in [0.4, 0.5) is 4.39 Å². The number of imidazole rings is 1. The van der Waals surface area contributed by atoms with Gasteiger partial charge in [0.05, 0.1) is 30.1 Å². The van der Waals surface area contributed by atoms with Crippen LogP contribution in [0.1, 0.15) is 24.6 Å². The lowest BCUT2D eigenvalue weighted by molar-refractivity contribution is -0.215. The Balaban J connectivity index is 1.11. The predicted molar refractivity (Wildman–Crippen MR) is 145 cm³/mol. The van der Waals surface area contributed by atoms with E-state index in [9.17, 15) is 4.39 Å². The first-order valence-electron chi connectivity index (χ1n) is 12.4. The van der Waals surface area contributed by atoms with Gasteiger partial charge >= 0.3 is 0 Å². The Morgan fingerprint density at radius 1 is 1.03 bits per heavy atom. The van der Waals surface area contributed by atoms with E-state index in [1.54, 1.807) is 24.5 Å². The van der Waals surface area contributed by atoms with Gasteiger partial charge in [-0.05, 0) is 73.2 Å². The maximum Gasteiger partial charge on any atom is 0.231 e. The van der Waals surface area contributed by atoms with E-state index in [1.165, 1.54) is 12.1 Å². The molecule has 6 rings (SSSR count). The lowest BCUT2D eigenvalue weighted by Gasteiger charge is -2.38. The Morgan fingerprint density at radius 3 is 2.54 bits per heavy atom. The molecule has 2 aromatic carbocycles. The average Bonchev–Trinajstić information content (AvgIpc) is 3.60. The van der Waals surface area contributed by atoms with Gasteiger partial charge in [0.25, 0.3) is 0 Å². The summed E-state index contributed by atoms with van der Waals surface area (Å²) in [6.07, 6.45) is 2.71. The third-order valence-electron chi connectivity index (χ3n) is 6.44. The first kappa shape index (κ1) is 25.2. The molecule has 200 valence electrons. The molecule has 0 spiro atoms. The monoisotopic (exact) mass is 547 g/mol. The number of halogens is 1. The molecule has 0 bridgehead atoms. The molecule has 1 saturated heterocycles. The van der Waals surface area contributed by atoms with Gasteiger partial charge in [-0.2, -0.15) is 0 Å². The van der Waals surface area contributed by atoms with Gasteiger partial charge in [0.1, 0.15) is 5.82 Å². The molecule has 39 heavy (non-hydrogen) atoms. The summed E-state index contributed by atoms with van der Waals surface area (Å²) in [6, 6.07) is 15.8. The summed E-state index contributed by atoms with van der Waals surface area (Å²) in [4.78, 5) is 12.2. The Labute approximate surface area is 229 Å². The van der Waals surface area contributed by atoms with Crippen LogP contribution in [-0.2, 0) is 16.0 Å². The van der Waals surface area contributed by atoms with Crippen molar-refractivity contribution < 1.29 is 23.3 Å². The van der Waals surface area contributed by atoms with Crippen molar-refractivity contribution in [3.63, 3.8) is 0 Å². The van der Waals surface area contributed by atoms with Crippen LogP contribution in [0.3, 0.4) is 0 Å². The van der Waals surface area contributed by atoms with Crippen molar-refractivity contribution in [3.05, 3.63) is 84.2 Å². The van der Waals surface area contributed by atoms with Crippen LogP contribution < -0.4 is 20.1 Å². The third kappa shape index (κ3) is 5.56. The van der Waals surface area contributed by atoms with Crippen LogP contribution in [0.25, 0.3) is 22.5 Å². The highest BCUT2D eigenvalue weighted by atomic mass is 32.1. The van der Waals surface area contributed by atoms with Crippen molar-refractivity contribution in [3.8, 4) is 34.0 Å². The lowest BCUT2D eigenvalue weighted by Crippen LogP contribution is -2.57. The minimum atomic E-state index is -0.704. The van der Waals surface area contributed by atoms with Gasteiger partial charge in [0.15, 0.2) is 22.4 Å². The molecule has 11 heteroatoms. The summed E-state index contributed by atoms with van der Waals surface area (Å²) in [6.45, 7) is 3.41. The van der Waals surface area contributed by atoms with Gasteiger partial charge in [-0.25, -0.2) is 9.37 Å². The molecule has 3 N–H and O–H groups in total. The van der Waals surface area contributed by atoms with E-state index in [0.29, 0.717) is 36.4 Å². The maximum absolute atomic E-state index is 13.6. The number of rotatable bonds is 6. The summed E-state index contributed by atoms with van der Waals surface area (Å²) >= 11 is 5.53. The van der Waals surface area contributed by atoms with E-state index in [0.717, 1.165) is 33.9 Å². The Hall–Kier alpha value is -4.06. The standard InChI is InChI=1S/C28H26FN5O4S/c1-28(34-27(39)31-13-17-2-7-21-22(12-17)38-16-37-21)14-35-26(36-15-28)25-32-23(18-3-5-20(29)6-4-18)24(33-25)19-8-10-30-11-9-19/h2-12,26H,13-16H2,1H3,(H,32,33)(H2,31,34,39). The minimum Gasteiger partial charge on any atom is -0.454 e. The predicted octanol–water partition coefficient (Wildman–Crippen LogP) is 4.47. The molecule has 0 saturated carbocycles. The fourth-order valence-electron chi connectivity index (χ4n) is 4.44. The molecule has 2 aliphatic heterocycles. The number of pyridine rings is 1. The first-order valence-corrected chi connectivity index (χ1v) is 12.8. The quantitative estimate of drug-likeness (QED) is 0.302. The van der Waals surface area contributed by atoms with E-state index in [2.05, 4.69) is 20.6 Å². The van der Waals surface area contributed by atoms with Gasteiger partial charge in [0.2, 0.25) is 13.1 Å². The summed E-state index contributed by atoms with van der Waals surface area (Å²) in [5, 5.41) is 7.01. The van der Waals surface area contributed by atoms with Gasteiger partial charge in [-0.3, -0.25) is 4.98 Å². The van der Waals surface area contributed by atoms with Crippen LogP contribution in [0.15, 0.2) is 67.0 Å². The maximum atomic E-state index is 13.6. The number of benzene rings is 2. The van der Waals surface area contributed by atoms with Gasteiger partial charge in [-0.1, -0.05) is 6.07 Å². The summed E-state index contributed by atoms with van der Waals surface area (Å²) < 4.78 is 36.5. The van der Waals surface area contributed by atoms with Gasteiger partial charge < -0.3 is 34.6 Å². The normalized spacial score (nSPS) is 20.0. The van der Waals surface area contributed by atoms with Crippen LogP contribution in [0, 0.1) is 5.82 Å². The summed E-state index contributed by atoms with van der Waals surface area (Å²) in [5.41, 5.74) is 3.58. The number of nitrogens with zero attached hydrogens (tertiary/aromatic N) is 2. The van der Waals surface area contributed by atoms with E-state index in [-0.39, 0.29) is 12.6 Å². The Kier molecular flexibility index (Phi) is 6.86. The number of ether oxygens (including phenoxy) is 4. The Bertz CT molecular complexity index is 1470. The van der Waals surface area contributed by atoms with Crippen LogP contribution in [0.5, 0.6) is 11.5 Å². The number of fused-ring (bicyclic) bond motifs is 1. The third-order valence-corrected chi connectivity index (χ3v) is 6.69. The highest BCUT2D eigenvalue weighted by Crippen LogP contribution is 2.34. The number of H-pyrrole nitrogens is 1. The van der Waals surface area contributed by atoms with Gasteiger partial charge in [0, 0.05) is 30.1 Å². The molecule has 0 atom stereocenters. The van der Waals surface area contributed by atoms with Crippen molar-refractivity contribution in [2.24, 2.45) is 0 Å². The molecule has 4 heterocycles. The fourth-order valence-corrected chi connectivity index (χ4v) is 4.76. The first-order chi connectivity index (χ1) is 19.0. The van der Waals surface area contributed by atoms with Crippen molar-refractivity contribution in [1.29, 1.82) is 0 Å². The molecule has 0 radical (unpaired) electrons. The highest BCUT2D eigenvalue weighted by molar-refractivity contribution is 7.80. The smallest absolute Gasteiger partial charge is 0.231 e. The molecule has 4 aromatic rings. The highest BCUT2D eigenvalue weighted by Gasteiger charge is 2.35. The minimum absolute atomic E-state index is 0.238. The molecule has 0 unspecified atom stereocenters. The largest absolute Gasteiger partial charge is 0.454 e. The molecule has 2 aliphatic rings. The van der Waals surface area contributed by atoms with Crippen LogP contribution >= 0.6 is 12.2 Å². The average molecular weight is 548 g/mol. The zero-order valence-electron chi connectivity index (χ0n) is 21.1. The van der Waals surface area contributed by atoms with E-state index in [1.807, 2.05) is 37.3 Å². The zero-order valence-corrected chi connectivity index (χ0v) is 21.9. The van der Waals surface area contributed by atoms with E-state index >= 15 is 0 Å². The number of hydrogen-bond acceptors (Lipinski definition) is 7. The number of nitrogens with one attached hydrogen (secondary N) is 3. The van der Waals surface area contributed by atoms with E-state index in [4.69, 9.17) is 36.1 Å². The number of hydrogen-bond donors (Lipinski definition) is 3. The molecule has 1 fully saturated rings. The van der Waals surface area contributed by atoms with Crippen LogP contribution in [-0.4, -0.2) is 45.6 Å². The van der Waals surface area contributed by atoms with Crippen molar-refractivity contribution in [2.75, 3.05) is 20.0 Å². The topological polar surface area (TPSA) is 103 Å². The molecule has 0 aliphatic carbocycles. The molecule has 9 nitrogen and oxygen atoms in total. The summed E-state index contributed by atoms with van der Waals surface area (Å²) in [5.74, 6) is 1.68. The summed E-state index contributed by atoms with van der Waals surface area (Å²) in [7, 11) is 0. The van der Waals surface area contributed by atoms with Crippen molar-refractivity contribution in [2.45, 2.75) is 25.3 Å². The van der Waals surface area contributed by atoms with Gasteiger partial charge in [-0.15, -0.1) is 0 Å². The molecule has 2 aromatic heterocycles. The SMILES string of the molecule is CC1(NC(=S)NCc2ccc3c(c2)OCO3)COC(c2nc(-c3ccc(F)cc3)c(-c3ccncc3)[nH]2)OC1. The fraction of sp³-hybridized carbons (Fsp3) is 0.250. The number of aromatic nitrogens is 3. The lowest BCUT2D eigenvalue weighted by atomic mass is 10.1.